The number of hydrogen-bond acceptors (Lipinski definition) is 3. The van der Waals surface area contributed by atoms with Crippen LogP contribution in [0.4, 0.5) is 0 Å². The van der Waals surface area contributed by atoms with Gasteiger partial charge in [0.25, 0.3) is 0 Å². The molecule has 0 bridgehead atoms. The third-order valence-corrected chi connectivity index (χ3v) is 6.19. The lowest BCUT2D eigenvalue weighted by Crippen LogP contribution is -2.01. The fourth-order valence-corrected chi connectivity index (χ4v) is 4.86. The average molecular weight is 437 g/mol. The van der Waals surface area contributed by atoms with Gasteiger partial charge in [-0.1, -0.05) is 45.9 Å². The van der Waals surface area contributed by atoms with Gasteiger partial charge in [0, 0.05) is 33.1 Å². The Hall–Kier alpha value is -3.20. The molecule has 0 spiro atoms. The summed E-state index contributed by atoms with van der Waals surface area (Å²) in [4.78, 5) is 9.85. The van der Waals surface area contributed by atoms with Crippen LogP contribution in [0, 0.1) is 25.7 Å². The molecule has 0 aliphatic rings. The largest absolute Gasteiger partial charge is 0.437 e. The van der Waals surface area contributed by atoms with Gasteiger partial charge in [-0.05, 0) is 85.4 Å². The van der Waals surface area contributed by atoms with Crippen molar-refractivity contribution in [1.82, 2.24) is 9.97 Å². The Morgan fingerprint density at radius 2 is 1.52 bits per heavy atom. The van der Waals surface area contributed by atoms with Crippen LogP contribution in [0.15, 0.2) is 52.9 Å². The van der Waals surface area contributed by atoms with Crippen LogP contribution in [-0.2, 0) is 12.8 Å². The molecule has 0 saturated heterocycles. The average Bonchev–Trinajstić information content (AvgIpc) is 3.08. The van der Waals surface area contributed by atoms with Crippen LogP contribution < -0.4 is 0 Å². The second kappa shape index (κ2) is 8.30. The van der Waals surface area contributed by atoms with Crippen LogP contribution in [0.3, 0.4) is 0 Å². The highest BCUT2D eigenvalue weighted by Crippen LogP contribution is 2.39. The standard InChI is InChI=1S/C30H32N2O/c1-17(2)11-21-8-10-24-22(15-21)16-23(12-18(3)4)32-28(24)27-14-19(5)13-26-25-9-7-20(6)31-30(25)33-29(26)27/h7-10,13-18H,11-12H2,1-6H3. The smallest absolute Gasteiger partial charge is 0.227 e. The van der Waals surface area contributed by atoms with Crippen molar-refractivity contribution in [2.24, 2.45) is 11.8 Å². The summed E-state index contributed by atoms with van der Waals surface area (Å²) in [5.74, 6) is 1.17. The molecule has 0 atom stereocenters. The Kier molecular flexibility index (Phi) is 5.44. The van der Waals surface area contributed by atoms with Crippen molar-refractivity contribution in [3.63, 3.8) is 0 Å². The summed E-state index contributed by atoms with van der Waals surface area (Å²) in [5.41, 5.74) is 8.28. The van der Waals surface area contributed by atoms with Gasteiger partial charge in [0.15, 0.2) is 0 Å². The number of aryl methyl sites for hydroxylation is 2. The normalized spacial score (nSPS) is 12.1. The van der Waals surface area contributed by atoms with Gasteiger partial charge in [-0.3, -0.25) is 4.98 Å². The van der Waals surface area contributed by atoms with Gasteiger partial charge < -0.3 is 4.42 Å². The van der Waals surface area contributed by atoms with E-state index in [-0.39, 0.29) is 0 Å². The van der Waals surface area contributed by atoms with Gasteiger partial charge in [-0.2, -0.15) is 0 Å². The summed E-state index contributed by atoms with van der Waals surface area (Å²) in [7, 11) is 0. The molecule has 33 heavy (non-hydrogen) atoms. The van der Waals surface area contributed by atoms with Gasteiger partial charge in [0.2, 0.25) is 5.71 Å². The van der Waals surface area contributed by atoms with Gasteiger partial charge in [-0.25, -0.2) is 4.98 Å². The van der Waals surface area contributed by atoms with Gasteiger partial charge >= 0.3 is 0 Å². The molecule has 0 saturated carbocycles. The molecule has 3 aromatic heterocycles. The lowest BCUT2D eigenvalue weighted by atomic mass is 9.95. The third kappa shape index (κ3) is 4.13. The number of aromatic nitrogens is 2. The first-order valence-electron chi connectivity index (χ1n) is 12.0. The van der Waals surface area contributed by atoms with Crippen molar-refractivity contribution in [3.8, 4) is 11.3 Å². The number of pyridine rings is 2. The SMILES string of the molecule is Cc1cc(-c2nc(CC(C)C)cc3cc(CC(C)C)ccc23)c2oc3nc(C)ccc3c2c1. The topological polar surface area (TPSA) is 38.9 Å². The molecule has 5 rings (SSSR count). The number of rotatable bonds is 5. The molecule has 5 aromatic rings. The first-order chi connectivity index (χ1) is 15.8. The van der Waals surface area contributed by atoms with E-state index in [1.807, 2.05) is 13.0 Å². The fraction of sp³-hybridized carbons (Fsp3) is 0.333. The zero-order chi connectivity index (χ0) is 23.3. The highest BCUT2D eigenvalue weighted by atomic mass is 16.3. The number of benzene rings is 2. The summed E-state index contributed by atoms with van der Waals surface area (Å²) in [6.07, 6.45) is 2.03. The van der Waals surface area contributed by atoms with Crippen LogP contribution in [0.5, 0.6) is 0 Å². The highest BCUT2D eigenvalue weighted by molar-refractivity contribution is 6.11. The molecule has 0 aliphatic carbocycles. The Labute approximate surface area is 195 Å². The van der Waals surface area contributed by atoms with E-state index in [0.29, 0.717) is 17.5 Å². The molecular formula is C30H32N2O. The minimum absolute atomic E-state index is 0.539. The van der Waals surface area contributed by atoms with E-state index in [0.717, 1.165) is 51.8 Å². The molecule has 0 unspecified atom stereocenters. The predicted octanol–water partition coefficient (Wildman–Crippen LogP) is 8.21. The summed E-state index contributed by atoms with van der Waals surface area (Å²) in [6, 6.07) is 17.7. The van der Waals surface area contributed by atoms with Crippen molar-refractivity contribution in [1.29, 1.82) is 0 Å². The van der Waals surface area contributed by atoms with Crippen LogP contribution >= 0.6 is 0 Å². The van der Waals surface area contributed by atoms with Crippen molar-refractivity contribution >= 4 is 32.8 Å². The molecule has 2 aromatic carbocycles. The van der Waals surface area contributed by atoms with Crippen molar-refractivity contribution < 1.29 is 4.42 Å². The molecule has 3 nitrogen and oxygen atoms in total. The van der Waals surface area contributed by atoms with E-state index in [1.165, 1.54) is 21.9 Å². The molecule has 0 aliphatic heterocycles. The maximum absolute atomic E-state index is 6.37. The maximum Gasteiger partial charge on any atom is 0.227 e. The molecule has 0 N–H and O–H groups in total. The van der Waals surface area contributed by atoms with E-state index in [2.05, 4.69) is 82.1 Å². The Morgan fingerprint density at radius 3 is 2.27 bits per heavy atom. The summed E-state index contributed by atoms with van der Waals surface area (Å²) >= 11 is 0. The molecule has 0 fully saturated rings. The third-order valence-electron chi connectivity index (χ3n) is 6.19. The first kappa shape index (κ1) is 21.6. The molecule has 168 valence electrons. The summed E-state index contributed by atoms with van der Waals surface area (Å²) in [6.45, 7) is 13.2. The summed E-state index contributed by atoms with van der Waals surface area (Å²) < 4.78 is 6.37. The summed E-state index contributed by atoms with van der Waals surface area (Å²) in [5, 5.41) is 4.59. The maximum atomic E-state index is 6.37. The Bertz CT molecular complexity index is 1490. The predicted molar refractivity (Wildman–Crippen MR) is 139 cm³/mol. The molecule has 0 amide bonds. The minimum Gasteiger partial charge on any atom is -0.437 e. The van der Waals surface area contributed by atoms with E-state index in [4.69, 9.17) is 9.40 Å². The highest BCUT2D eigenvalue weighted by Gasteiger charge is 2.18. The van der Waals surface area contributed by atoms with Gasteiger partial charge in [-0.15, -0.1) is 0 Å². The molecule has 3 heteroatoms. The molecule has 0 radical (unpaired) electrons. The number of fused-ring (bicyclic) bond motifs is 4. The Morgan fingerprint density at radius 1 is 0.758 bits per heavy atom. The zero-order valence-electron chi connectivity index (χ0n) is 20.5. The fourth-order valence-electron chi connectivity index (χ4n) is 4.86. The van der Waals surface area contributed by atoms with Crippen LogP contribution in [0.2, 0.25) is 0 Å². The van der Waals surface area contributed by atoms with E-state index < -0.39 is 0 Å². The molecule has 3 heterocycles. The first-order valence-corrected chi connectivity index (χ1v) is 12.0. The lowest BCUT2D eigenvalue weighted by molar-refractivity contribution is 0.636. The second-order valence-corrected chi connectivity index (χ2v) is 10.3. The van der Waals surface area contributed by atoms with Crippen LogP contribution in [-0.4, -0.2) is 9.97 Å². The minimum atomic E-state index is 0.539. The van der Waals surface area contributed by atoms with E-state index >= 15 is 0 Å². The van der Waals surface area contributed by atoms with Gasteiger partial charge in [0.05, 0.1) is 5.69 Å². The van der Waals surface area contributed by atoms with Gasteiger partial charge in [0.1, 0.15) is 5.58 Å². The lowest BCUT2D eigenvalue weighted by Gasteiger charge is -2.14. The quantitative estimate of drug-likeness (QED) is 0.279. The van der Waals surface area contributed by atoms with Crippen LogP contribution in [0.1, 0.15) is 50.2 Å². The number of furan rings is 1. The number of hydrogen-bond donors (Lipinski definition) is 0. The van der Waals surface area contributed by atoms with Crippen molar-refractivity contribution in [2.75, 3.05) is 0 Å². The second-order valence-electron chi connectivity index (χ2n) is 10.3. The Balaban J connectivity index is 1.82. The zero-order valence-corrected chi connectivity index (χ0v) is 20.5. The monoisotopic (exact) mass is 436 g/mol. The molecular weight excluding hydrogens is 404 g/mol. The van der Waals surface area contributed by atoms with E-state index in [9.17, 15) is 0 Å². The van der Waals surface area contributed by atoms with Crippen molar-refractivity contribution in [2.45, 2.75) is 54.4 Å². The van der Waals surface area contributed by atoms with E-state index in [1.54, 1.807) is 0 Å². The van der Waals surface area contributed by atoms with Crippen molar-refractivity contribution in [3.05, 3.63) is 71.0 Å². The number of nitrogens with zero attached hydrogens (tertiary/aromatic N) is 2. The van der Waals surface area contributed by atoms with Crippen LogP contribution in [0.25, 0.3) is 44.1 Å².